The van der Waals surface area contributed by atoms with Gasteiger partial charge in [0.05, 0.1) is 11.0 Å². The predicted octanol–water partition coefficient (Wildman–Crippen LogP) is 11.7. The van der Waals surface area contributed by atoms with Gasteiger partial charge >= 0.3 is 0 Å². The van der Waals surface area contributed by atoms with Crippen LogP contribution in [-0.4, -0.2) is 4.57 Å². The second kappa shape index (κ2) is 9.70. The Hall–Kier alpha value is -5.60. The Kier molecular flexibility index (Phi) is 5.58. The van der Waals surface area contributed by atoms with Gasteiger partial charge in [-0.2, -0.15) is 0 Å². The Bertz CT molecular complexity index is 2390. The number of rotatable bonds is 4. The molecule has 1 aliphatic carbocycles. The van der Waals surface area contributed by atoms with Gasteiger partial charge in [-0.1, -0.05) is 105 Å². The first-order valence-electron chi connectivity index (χ1n) is 15.7. The number of nitrogens with zero attached hydrogens (tertiary/aromatic N) is 2. The summed E-state index contributed by atoms with van der Waals surface area (Å²) in [7, 11) is 0. The molecule has 9 rings (SSSR count). The number of hydrogen-bond donors (Lipinski definition) is 0. The normalized spacial score (nSPS) is 13.3. The van der Waals surface area contributed by atoms with Crippen LogP contribution in [0.2, 0.25) is 0 Å². The van der Waals surface area contributed by atoms with Crippen molar-refractivity contribution in [3.8, 4) is 16.8 Å². The minimum Gasteiger partial charge on any atom is -0.310 e. The summed E-state index contributed by atoms with van der Waals surface area (Å²) >= 11 is 0. The van der Waals surface area contributed by atoms with E-state index in [4.69, 9.17) is 0 Å². The SMILES string of the molecule is CC1(C)c2ccccc2-c2cc3c(cc21)c1ccccc1n3-c1ccc(N(c2ccccc2)c2ccc3ccccc3c2)cc1. The fourth-order valence-corrected chi connectivity index (χ4v) is 7.53. The number of anilines is 3. The molecule has 0 amide bonds. The van der Waals surface area contributed by atoms with Gasteiger partial charge in [-0.25, -0.2) is 0 Å². The lowest BCUT2D eigenvalue weighted by Gasteiger charge is -2.26. The maximum atomic E-state index is 2.45. The maximum absolute atomic E-state index is 2.45. The third-order valence-electron chi connectivity index (χ3n) is 9.75. The summed E-state index contributed by atoms with van der Waals surface area (Å²) in [6.45, 7) is 4.71. The van der Waals surface area contributed by atoms with Crippen molar-refractivity contribution in [1.82, 2.24) is 4.57 Å². The maximum Gasteiger partial charge on any atom is 0.0547 e. The molecule has 0 saturated heterocycles. The van der Waals surface area contributed by atoms with Gasteiger partial charge in [-0.15, -0.1) is 0 Å². The van der Waals surface area contributed by atoms with E-state index in [1.807, 2.05) is 0 Å². The van der Waals surface area contributed by atoms with Gasteiger partial charge in [0.2, 0.25) is 0 Å². The first kappa shape index (κ1) is 25.9. The van der Waals surface area contributed by atoms with Crippen molar-refractivity contribution < 1.29 is 0 Å². The van der Waals surface area contributed by atoms with E-state index < -0.39 is 0 Å². The molecule has 0 saturated carbocycles. The van der Waals surface area contributed by atoms with E-state index >= 15 is 0 Å². The van der Waals surface area contributed by atoms with Crippen LogP contribution in [0.15, 0.2) is 158 Å². The van der Waals surface area contributed by atoms with E-state index in [0.29, 0.717) is 0 Å². The molecule has 1 aliphatic rings. The zero-order valence-corrected chi connectivity index (χ0v) is 25.4. The van der Waals surface area contributed by atoms with E-state index in [0.717, 1.165) is 22.7 Å². The Morgan fingerprint density at radius 1 is 0.444 bits per heavy atom. The third kappa shape index (κ3) is 3.89. The Morgan fingerprint density at radius 3 is 1.96 bits per heavy atom. The van der Waals surface area contributed by atoms with Crippen LogP contribution < -0.4 is 4.90 Å². The van der Waals surface area contributed by atoms with Gasteiger partial charge in [0.15, 0.2) is 0 Å². The molecule has 2 nitrogen and oxygen atoms in total. The molecular formula is C43H32N2. The Balaban J connectivity index is 1.22. The van der Waals surface area contributed by atoms with E-state index in [9.17, 15) is 0 Å². The average molecular weight is 577 g/mol. The standard InChI is InChI=1S/C43H32N2/c1-43(2)39-18-10-8-16-35(39)37-28-42-38(27-40(37)43)36-17-9-11-19-41(36)45(42)33-24-22-32(23-25-33)44(31-14-4-3-5-15-31)34-21-20-29-12-6-7-13-30(29)26-34/h3-28H,1-2H3. The van der Waals surface area contributed by atoms with Crippen LogP contribution in [0.25, 0.3) is 49.4 Å². The molecule has 0 atom stereocenters. The molecule has 8 aromatic rings. The lowest BCUT2D eigenvalue weighted by Crippen LogP contribution is -2.14. The lowest BCUT2D eigenvalue weighted by molar-refractivity contribution is 0.661. The van der Waals surface area contributed by atoms with Crippen molar-refractivity contribution in [3.63, 3.8) is 0 Å². The van der Waals surface area contributed by atoms with E-state index in [1.54, 1.807) is 0 Å². The minimum absolute atomic E-state index is 0.0331. The zero-order valence-electron chi connectivity index (χ0n) is 25.4. The van der Waals surface area contributed by atoms with Gasteiger partial charge in [-0.3, -0.25) is 0 Å². The quantitative estimate of drug-likeness (QED) is 0.202. The zero-order chi connectivity index (χ0) is 30.1. The van der Waals surface area contributed by atoms with Crippen molar-refractivity contribution in [2.45, 2.75) is 19.3 Å². The van der Waals surface area contributed by atoms with Crippen LogP contribution in [0, 0.1) is 0 Å². The molecule has 214 valence electrons. The molecule has 0 radical (unpaired) electrons. The summed E-state index contributed by atoms with van der Waals surface area (Å²) in [5, 5.41) is 5.06. The largest absolute Gasteiger partial charge is 0.310 e. The first-order valence-corrected chi connectivity index (χ1v) is 15.7. The summed E-state index contributed by atoms with van der Waals surface area (Å²) in [5.74, 6) is 0. The molecule has 1 aromatic heterocycles. The summed E-state index contributed by atoms with van der Waals surface area (Å²) in [6.07, 6.45) is 0. The van der Waals surface area contributed by atoms with Gasteiger partial charge in [-0.05, 0) is 99.8 Å². The molecule has 0 spiro atoms. The fraction of sp³-hybridized carbons (Fsp3) is 0.0698. The van der Waals surface area contributed by atoms with Crippen molar-refractivity contribution in [2.75, 3.05) is 4.90 Å². The van der Waals surface area contributed by atoms with Crippen molar-refractivity contribution in [3.05, 3.63) is 169 Å². The monoisotopic (exact) mass is 576 g/mol. The molecule has 0 aliphatic heterocycles. The van der Waals surface area contributed by atoms with Crippen molar-refractivity contribution in [2.24, 2.45) is 0 Å². The van der Waals surface area contributed by atoms with Gasteiger partial charge in [0.1, 0.15) is 0 Å². The molecule has 0 fully saturated rings. The smallest absolute Gasteiger partial charge is 0.0547 e. The van der Waals surface area contributed by atoms with Gasteiger partial charge in [0, 0.05) is 38.9 Å². The van der Waals surface area contributed by atoms with E-state index in [1.165, 1.54) is 54.8 Å². The molecule has 1 heterocycles. The van der Waals surface area contributed by atoms with Crippen LogP contribution in [0.5, 0.6) is 0 Å². The van der Waals surface area contributed by atoms with Crippen molar-refractivity contribution >= 4 is 49.6 Å². The average Bonchev–Trinajstić information content (AvgIpc) is 3.53. The second-order valence-corrected chi connectivity index (χ2v) is 12.7. The van der Waals surface area contributed by atoms with Crippen LogP contribution in [-0.2, 0) is 5.41 Å². The Labute approximate surface area is 263 Å². The number of benzene rings is 7. The third-order valence-corrected chi connectivity index (χ3v) is 9.75. The summed E-state index contributed by atoms with van der Waals surface area (Å²) < 4.78 is 2.44. The first-order chi connectivity index (χ1) is 22.1. The van der Waals surface area contributed by atoms with Crippen LogP contribution in [0.3, 0.4) is 0 Å². The second-order valence-electron chi connectivity index (χ2n) is 12.7. The lowest BCUT2D eigenvalue weighted by atomic mass is 9.82. The molecule has 0 N–H and O–H groups in total. The molecule has 0 unspecified atom stereocenters. The number of para-hydroxylation sites is 2. The highest BCUT2D eigenvalue weighted by Gasteiger charge is 2.36. The van der Waals surface area contributed by atoms with Crippen LogP contribution >= 0.6 is 0 Å². The number of fused-ring (bicyclic) bond motifs is 7. The summed E-state index contributed by atoms with van der Waals surface area (Å²) in [6, 6.07) is 57.5. The highest BCUT2D eigenvalue weighted by Crippen LogP contribution is 2.51. The van der Waals surface area contributed by atoms with Gasteiger partial charge in [0.25, 0.3) is 0 Å². The highest BCUT2D eigenvalue weighted by atomic mass is 15.1. The molecule has 2 heteroatoms. The fourth-order valence-electron chi connectivity index (χ4n) is 7.53. The van der Waals surface area contributed by atoms with E-state index in [-0.39, 0.29) is 5.41 Å². The molecule has 7 aromatic carbocycles. The Morgan fingerprint density at radius 2 is 1.11 bits per heavy atom. The van der Waals surface area contributed by atoms with E-state index in [2.05, 4.69) is 181 Å². The molecular weight excluding hydrogens is 544 g/mol. The van der Waals surface area contributed by atoms with Crippen LogP contribution in [0.1, 0.15) is 25.0 Å². The van der Waals surface area contributed by atoms with Crippen molar-refractivity contribution in [1.29, 1.82) is 0 Å². The topological polar surface area (TPSA) is 8.17 Å². The summed E-state index contributed by atoms with van der Waals surface area (Å²) in [5.41, 5.74) is 12.5. The minimum atomic E-state index is -0.0331. The predicted molar refractivity (Wildman–Crippen MR) is 191 cm³/mol. The molecule has 0 bridgehead atoms. The highest BCUT2D eigenvalue weighted by molar-refractivity contribution is 6.11. The molecule has 45 heavy (non-hydrogen) atoms. The van der Waals surface area contributed by atoms with Crippen LogP contribution in [0.4, 0.5) is 17.1 Å². The number of aromatic nitrogens is 1. The summed E-state index contributed by atoms with van der Waals surface area (Å²) in [4.78, 5) is 2.34. The van der Waals surface area contributed by atoms with Gasteiger partial charge < -0.3 is 9.47 Å². The number of hydrogen-bond acceptors (Lipinski definition) is 1.